The van der Waals surface area contributed by atoms with Gasteiger partial charge in [-0.3, -0.25) is 13.9 Å². The Hall–Kier alpha value is -2.44. The molecule has 0 unspecified atom stereocenters. The van der Waals surface area contributed by atoms with Crippen molar-refractivity contribution in [1.82, 2.24) is 14.1 Å². The highest BCUT2D eigenvalue weighted by Crippen LogP contribution is 2.14. The number of carbonyl (C=O) groups is 1. The van der Waals surface area contributed by atoms with E-state index in [1.165, 1.54) is 31.8 Å². The first-order valence-corrected chi connectivity index (χ1v) is 5.54. The highest BCUT2D eigenvalue weighted by Gasteiger charge is 2.19. The van der Waals surface area contributed by atoms with Crippen molar-refractivity contribution in [1.29, 1.82) is 0 Å². The number of aryl methyl sites for hydroxylation is 2. The SMILES string of the molecule is COC(=O)c1cc(C)nc2c1c(=O)n(C)c(=O)n2C. The Kier molecular flexibility index (Phi) is 2.97. The van der Waals surface area contributed by atoms with Crippen LogP contribution in [0.25, 0.3) is 11.0 Å². The molecule has 0 bridgehead atoms. The van der Waals surface area contributed by atoms with Crippen LogP contribution in [0, 0.1) is 6.92 Å². The molecular formula is C12H13N3O4. The molecule has 0 fully saturated rings. The number of methoxy groups -OCH3 is 1. The highest BCUT2D eigenvalue weighted by atomic mass is 16.5. The van der Waals surface area contributed by atoms with Gasteiger partial charge in [-0.25, -0.2) is 14.6 Å². The molecular weight excluding hydrogens is 250 g/mol. The average Bonchev–Trinajstić information content (AvgIpc) is 2.40. The molecule has 0 atom stereocenters. The Labute approximate surface area is 108 Å². The van der Waals surface area contributed by atoms with Gasteiger partial charge >= 0.3 is 11.7 Å². The van der Waals surface area contributed by atoms with Crippen LogP contribution < -0.4 is 11.2 Å². The van der Waals surface area contributed by atoms with Gasteiger partial charge in [0.1, 0.15) is 5.65 Å². The first-order valence-electron chi connectivity index (χ1n) is 5.54. The number of fused-ring (bicyclic) bond motifs is 1. The lowest BCUT2D eigenvalue weighted by Gasteiger charge is -2.10. The fraction of sp³-hybridized carbons (Fsp3) is 0.333. The van der Waals surface area contributed by atoms with Crippen molar-refractivity contribution in [2.24, 2.45) is 14.1 Å². The molecule has 0 amide bonds. The number of hydrogen-bond donors (Lipinski definition) is 0. The Bertz CT molecular complexity index is 801. The smallest absolute Gasteiger partial charge is 0.338 e. The van der Waals surface area contributed by atoms with Gasteiger partial charge in [0.15, 0.2) is 0 Å². The van der Waals surface area contributed by atoms with Crippen LogP contribution in [0.1, 0.15) is 16.1 Å². The third kappa shape index (κ3) is 1.83. The molecule has 0 radical (unpaired) electrons. The number of esters is 1. The number of rotatable bonds is 1. The molecule has 0 saturated carbocycles. The van der Waals surface area contributed by atoms with E-state index in [2.05, 4.69) is 9.72 Å². The molecule has 19 heavy (non-hydrogen) atoms. The standard InChI is InChI=1S/C12H13N3O4/c1-6-5-7(11(17)19-4)8-9(13-6)14(2)12(18)15(3)10(8)16/h5H,1-4H3. The molecule has 100 valence electrons. The molecule has 0 aliphatic heterocycles. The summed E-state index contributed by atoms with van der Waals surface area (Å²) in [5, 5.41) is 0.0852. The van der Waals surface area contributed by atoms with Crippen molar-refractivity contribution in [3.05, 3.63) is 38.2 Å². The van der Waals surface area contributed by atoms with Crippen LogP contribution in [0.3, 0.4) is 0 Å². The van der Waals surface area contributed by atoms with Gasteiger partial charge in [-0.2, -0.15) is 0 Å². The zero-order valence-electron chi connectivity index (χ0n) is 11.1. The van der Waals surface area contributed by atoms with E-state index in [0.717, 1.165) is 4.57 Å². The molecule has 7 heteroatoms. The van der Waals surface area contributed by atoms with E-state index in [1.807, 2.05) is 0 Å². The minimum Gasteiger partial charge on any atom is -0.465 e. The first-order chi connectivity index (χ1) is 8.88. The normalized spacial score (nSPS) is 10.7. The quantitative estimate of drug-likeness (QED) is 0.661. The van der Waals surface area contributed by atoms with E-state index < -0.39 is 17.2 Å². The zero-order valence-corrected chi connectivity index (χ0v) is 11.1. The lowest BCUT2D eigenvalue weighted by molar-refractivity contribution is 0.0602. The molecule has 0 aliphatic carbocycles. The van der Waals surface area contributed by atoms with Crippen molar-refractivity contribution in [3.8, 4) is 0 Å². The number of nitrogens with zero attached hydrogens (tertiary/aromatic N) is 3. The largest absolute Gasteiger partial charge is 0.465 e. The van der Waals surface area contributed by atoms with Crippen LogP contribution in [-0.4, -0.2) is 27.2 Å². The molecule has 0 aliphatic rings. The maximum Gasteiger partial charge on any atom is 0.338 e. The molecule has 2 rings (SSSR count). The summed E-state index contributed by atoms with van der Waals surface area (Å²) in [6.07, 6.45) is 0. The number of aromatic nitrogens is 3. The Balaban J connectivity index is 3.13. The number of carbonyl (C=O) groups excluding carboxylic acids is 1. The second-order valence-electron chi connectivity index (χ2n) is 4.21. The van der Waals surface area contributed by atoms with Gasteiger partial charge in [-0.1, -0.05) is 0 Å². The van der Waals surface area contributed by atoms with E-state index in [1.54, 1.807) is 6.92 Å². The van der Waals surface area contributed by atoms with Gasteiger partial charge in [0.05, 0.1) is 18.1 Å². The lowest BCUT2D eigenvalue weighted by atomic mass is 10.1. The third-order valence-corrected chi connectivity index (χ3v) is 2.94. The molecule has 2 aromatic rings. The third-order valence-electron chi connectivity index (χ3n) is 2.94. The molecule has 2 aromatic heterocycles. The fourth-order valence-electron chi connectivity index (χ4n) is 1.95. The van der Waals surface area contributed by atoms with Crippen LogP contribution in [0.15, 0.2) is 15.7 Å². The number of ether oxygens (including phenoxy) is 1. The van der Waals surface area contributed by atoms with Gasteiger partial charge in [0.2, 0.25) is 0 Å². The first kappa shape index (κ1) is 13.0. The van der Waals surface area contributed by atoms with Crippen LogP contribution >= 0.6 is 0 Å². The van der Waals surface area contributed by atoms with Crippen molar-refractivity contribution >= 4 is 17.0 Å². The summed E-state index contributed by atoms with van der Waals surface area (Å²) in [7, 11) is 4.08. The molecule has 0 aromatic carbocycles. The van der Waals surface area contributed by atoms with E-state index in [4.69, 9.17) is 0 Å². The molecule has 0 spiro atoms. The molecule has 0 N–H and O–H groups in total. The summed E-state index contributed by atoms with van der Waals surface area (Å²) in [5.41, 5.74) is -0.247. The van der Waals surface area contributed by atoms with E-state index in [9.17, 15) is 14.4 Å². The summed E-state index contributed by atoms with van der Waals surface area (Å²) in [5.74, 6) is -0.633. The maximum absolute atomic E-state index is 12.2. The number of hydrogen-bond acceptors (Lipinski definition) is 5. The van der Waals surface area contributed by atoms with Crippen LogP contribution in [0.4, 0.5) is 0 Å². The topological polar surface area (TPSA) is 83.2 Å². The number of pyridine rings is 1. The van der Waals surface area contributed by atoms with Crippen molar-refractivity contribution in [3.63, 3.8) is 0 Å². The van der Waals surface area contributed by atoms with Crippen molar-refractivity contribution in [2.75, 3.05) is 7.11 Å². The highest BCUT2D eigenvalue weighted by molar-refractivity contribution is 6.02. The summed E-state index contributed by atoms with van der Waals surface area (Å²) < 4.78 is 6.83. The maximum atomic E-state index is 12.2. The lowest BCUT2D eigenvalue weighted by Crippen LogP contribution is -2.38. The van der Waals surface area contributed by atoms with Crippen LogP contribution in [0.2, 0.25) is 0 Å². The van der Waals surface area contributed by atoms with Gasteiger partial charge < -0.3 is 4.74 Å². The molecule has 2 heterocycles. The predicted octanol–water partition coefficient (Wildman–Crippen LogP) is -0.273. The summed E-state index contributed by atoms with van der Waals surface area (Å²) >= 11 is 0. The van der Waals surface area contributed by atoms with Crippen molar-refractivity contribution < 1.29 is 9.53 Å². The molecule has 0 saturated heterocycles. The minimum atomic E-state index is -0.633. The summed E-state index contributed by atoms with van der Waals surface area (Å²) in [4.78, 5) is 39.9. The second-order valence-corrected chi connectivity index (χ2v) is 4.21. The monoisotopic (exact) mass is 263 g/mol. The predicted molar refractivity (Wildman–Crippen MR) is 68.3 cm³/mol. The van der Waals surface area contributed by atoms with Gasteiger partial charge in [-0.15, -0.1) is 0 Å². The van der Waals surface area contributed by atoms with Gasteiger partial charge in [0.25, 0.3) is 5.56 Å². The van der Waals surface area contributed by atoms with Crippen LogP contribution in [0.5, 0.6) is 0 Å². The Morgan fingerprint density at radius 1 is 1.26 bits per heavy atom. The second kappa shape index (κ2) is 4.34. The minimum absolute atomic E-state index is 0.0852. The summed E-state index contributed by atoms with van der Waals surface area (Å²) in [6, 6.07) is 1.47. The molecule has 7 nitrogen and oxygen atoms in total. The van der Waals surface area contributed by atoms with E-state index in [-0.39, 0.29) is 16.6 Å². The van der Waals surface area contributed by atoms with E-state index >= 15 is 0 Å². The van der Waals surface area contributed by atoms with Crippen LogP contribution in [-0.2, 0) is 18.8 Å². The Morgan fingerprint density at radius 2 is 1.89 bits per heavy atom. The fourth-order valence-corrected chi connectivity index (χ4v) is 1.95. The van der Waals surface area contributed by atoms with E-state index in [0.29, 0.717) is 5.69 Å². The van der Waals surface area contributed by atoms with Gasteiger partial charge in [-0.05, 0) is 13.0 Å². The summed E-state index contributed by atoms with van der Waals surface area (Å²) in [6.45, 7) is 1.67. The van der Waals surface area contributed by atoms with Gasteiger partial charge in [0, 0.05) is 19.8 Å². The zero-order chi connectivity index (χ0) is 14.3. The Morgan fingerprint density at radius 3 is 2.47 bits per heavy atom. The van der Waals surface area contributed by atoms with Crippen molar-refractivity contribution in [2.45, 2.75) is 6.92 Å². The average molecular weight is 263 g/mol.